The van der Waals surface area contributed by atoms with E-state index >= 15 is 0 Å². The first-order chi connectivity index (χ1) is 7.63. The second-order valence-electron chi connectivity index (χ2n) is 3.09. The molecule has 0 bridgehead atoms. The van der Waals surface area contributed by atoms with E-state index in [0.717, 1.165) is 0 Å². The standard InChI is InChI=1S/C12H13FO3/c1-9(14)16-7-3-4-10-8-11(15-2)5-6-12(10)13/h3-6,8H,7H2,1-2H3/b4-3+. The van der Waals surface area contributed by atoms with Crippen molar-refractivity contribution in [2.45, 2.75) is 6.92 Å². The van der Waals surface area contributed by atoms with E-state index in [9.17, 15) is 9.18 Å². The van der Waals surface area contributed by atoms with E-state index in [2.05, 4.69) is 4.74 Å². The number of methoxy groups -OCH3 is 1. The van der Waals surface area contributed by atoms with E-state index in [4.69, 9.17) is 4.74 Å². The Labute approximate surface area is 93.5 Å². The number of rotatable bonds is 4. The Balaban J connectivity index is 2.68. The summed E-state index contributed by atoms with van der Waals surface area (Å²) in [5.74, 6) is -0.135. The largest absolute Gasteiger partial charge is 0.497 e. The lowest BCUT2D eigenvalue weighted by Gasteiger charge is -2.02. The van der Waals surface area contributed by atoms with Crippen LogP contribution in [0.15, 0.2) is 24.3 Å². The quantitative estimate of drug-likeness (QED) is 0.737. The van der Waals surface area contributed by atoms with Gasteiger partial charge in [0.25, 0.3) is 0 Å². The summed E-state index contributed by atoms with van der Waals surface area (Å²) in [7, 11) is 1.51. The first-order valence-electron chi connectivity index (χ1n) is 4.77. The molecule has 0 saturated heterocycles. The van der Waals surface area contributed by atoms with Crippen LogP contribution in [0.4, 0.5) is 4.39 Å². The molecule has 0 aromatic heterocycles. The van der Waals surface area contributed by atoms with Gasteiger partial charge in [0.1, 0.15) is 18.2 Å². The lowest BCUT2D eigenvalue weighted by Crippen LogP contribution is -1.97. The van der Waals surface area contributed by atoms with E-state index in [-0.39, 0.29) is 18.4 Å². The molecule has 0 heterocycles. The van der Waals surface area contributed by atoms with Crippen LogP contribution in [-0.2, 0) is 9.53 Å². The third-order valence-corrected chi connectivity index (χ3v) is 1.88. The van der Waals surface area contributed by atoms with Crippen molar-refractivity contribution in [3.05, 3.63) is 35.7 Å². The highest BCUT2D eigenvalue weighted by Gasteiger charge is 2.00. The molecule has 0 amide bonds. The van der Waals surface area contributed by atoms with Crippen LogP contribution in [0.25, 0.3) is 6.08 Å². The molecule has 0 aliphatic heterocycles. The summed E-state index contributed by atoms with van der Waals surface area (Å²) >= 11 is 0. The van der Waals surface area contributed by atoms with Gasteiger partial charge in [0.05, 0.1) is 7.11 Å². The number of hydrogen-bond donors (Lipinski definition) is 0. The van der Waals surface area contributed by atoms with E-state index in [0.29, 0.717) is 11.3 Å². The maximum Gasteiger partial charge on any atom is 0.302 e. The van der Waals surface area contributed by atoms with Crippen molar-refractivity contribution in [2.24, 2.45) is 0 Å². The number of hydrogen-bond acceptors (Lipinski definition) is 3. The van der Waals surface area contributed by atoms with E-state index in [1.165, 1.54) is 20.1 Å². The highest BCUT2D eigenvalue weighted by Crippen LogP contribution is 2.17. The van der Waals surface area contributed by atoms with Gasteiger partial charge in [0.2, 0.25) is 0 Å². The van der Waals surface area contributed by atoms with Crippen LogP contribution in [0.5, 0.6) is 5.75 Å². The van der Waals surface area contributed by atoms with Crippen LogP contribution in [0.2, 0.25) is 0 Å². The van der Waals surface area contributed by atoms with Gasteiger partial charge in [0.15, 0.2) is 0 Å². The molecule has 0 radical (unpaired) electrons. The summed E-state index contributed by atoms with van der Waals surface area (Å²) in [5.41, 5.74) is 0.395. The van der Waals surface area contributed by atoms with Crippen LogP contribution < -0.4 is 4.74 Å². The van der Waals surface area contributed by atoms with Crippen LogP contribution >= 0.6 is 0 Å². The number of carbonyl (C=O) groups is 1. The van der Waals surface area contributed by atoms with Gasteiger partial charge in [-0.2, -0.15) is 0 Å². The molecule has 4 heteroatoms. The van der Waals surface area contributed by atoms with Crippen molar-refractivity contribution >= 4 is 12.0 Å². The average Bonchev–Trinajstić information content (AvgIpc) is 2.26. The molecule has 0 aliphatic rings. The molecular formula is C12H13FO3. The van der Waals surface area contributed by atoms with Crippen molar-refractivity contribution in [2.75, 3.05) is 13.7 Å². The minimum Gasteiger partial charge on any atom is -0.497 e. The monoisotopic (exact) mass is 224 g/mol. The molecule has 0 spiro atoms. The molecule has 0 N–H and O–H groups in total. The Morgan fingerprint density at radius 2 is 2.25 bits per heavy atom. The molecule has 3 nitrogen and oxygen atoms in total. The fraction of sp³-hybridized carbons (Fsp3) is 0.250. The van der Waals surface area contributed by atoms with E-state index in [1.807, 2.05) is 0 Å². The van der Waals surface area contributed by atoms with Gasteiger partial charge < -0.3 is 9.47 Å². The van der Waals surface area contributed by atoms with Gasteiger partial charge in [-0.25, -0.2) is 4.39 Å². The maximum atomic E-state index is 13.3. The normalized spacial score (nSPS) is 10.4. The van der Waals surface area contributed by atoms with Gasteiger partial charge in [-0.1, -0.05) is 6.08 Å². The lowest BCUT2D eigenvalue weighted by molar-refractivity contribution is -0.139. The van der Waals surface area contributed by atoms with Crippen molar-refractivity contribution in [1.29, 1.82) is 0 Å². The zero-order valence-electron chi connectivity index (χ0n) is 9.20. The van der Waals surface area contributed by atoms with E-state index < -0.39 is 0 Å². The van der Waals surface area contributed by atoms with Gasteiger partial charge in [-0.3, -0.25) is 4.79 Å². The highest BCUT2D eigenvalue weighted by molar-refractivity contribution is 5.66. The van der Waals surface area contributed by atoms with E-state index in [1.54, 1.807) is 24.3 Å². The van der Waals surface area contributed by atoms with Crippen LogP contribution in [0.3, 0.4) is 0 Å². The third-order valence-electron chi connectivity index (χ3n) is 1.88. The summed E-state index contributed by atoms with van der Waals surface area (Å²) in [6.45, 7) is 1.45. The fourth-order valence-electron chi connectivity index (χ4n) is 1.12. The molecule has 86 valence electrons. The maximum absolute atomic E-state index is 13.3. The third kappa shape index (κ3) is 3.73. The number of esters is 1. The second kappa shape index (κ2) is 5.90. The molecule has 0 unspecified atom stereocenters. The molecule has 1 aromatic rings. The van der Waals surface area contributed by atoms with Crippen LogP contribution in [0.1, 0.15) is 12.5 Å². The summed E-state index contributed by atoms with van der Waals surface area (Å²) in [4.78, 5) is 10.5. The number of halogens is 1. The SMILES string of the molecule is COc1ccc(F)c(/C=C/COC(C)=O)c1. The predicted molar refractivity (Wildman–Crippen MR) is 58.6 cm³/mol. The summed E-state index contributed by atoms with van der Waals surface area (Å²) in [6.07, 6.45) is 3.11. The Morgan fingerprint density at radius 3 is 2.88 bits per heavy atom. The first kappa shape index (κ1) is 12.2. The predicted octanol–water partition coefficient (Wildman–Crippen LogP) is 2.41. The van der Waals surface area contributed by atoms with Crippen molar-refractivity contribution in [1.82, 2.24) is 0 Å². The smallest absolute Gasteiger partial charge is 0.302 e. The Kier molecular flexibility index (Phi) is 4.51. The molecule has 0 aliphatic carbocycles. The zero-order chi connectivity index (χ0) is 12.0. The average molecular weight is 224 g/mol. The fourth-order valence-corrected chi connectivity index (χ4v) is 1.12. The van der Waals surface area contributed by atoms with Gasteiger partial charge in [-0.05, 0) is 24.3 Å². The molecule has 16 heavy (non-hydrogen) atoms. The number of benzene rings is 1. The van der Waals surface area contributed by atoms with Crippen molar-refractivity contribution < 1.29 is 18.7 Å². The Bertz CT molecular complexity index is 399. The Morgan fingerprint density at radius 1 is 1.50 bits per heavy atom. The van der Waals surface area contributed by atoms with Crippen molar-refractivity contribution in [3.63, 3.8) is 0 Å². The Hall–Kier alpha value is -1.84. The van der Waals surface area contributed by atoms with Gasteiger partial charge >= 0.3 is 5.97 Å². The van der Waals surface area contributed by atoms with Gasteiger partial charge in [-0.15, -0.1) is 0 Å². The molecule has 0 fully saturated rings. The molecule has 0 atom stereocenters. The number of ether oxygens (including phenoxy) is 2. The molecular weight excluding hydrogens is 211 g/mol. The lowest BCUT2D eigenvalue weighted by atomic mass is 10.2. The van der Waals surface area contributed by atoms with Crippen molar-refractivity contribution in [3.8, 4) is 5.75 Å². The minimum absolute atomic E-state index is 0.131. The van der Waals surface area contributed by atoms with Crippen LogP contribution in [-0.4, -0.2) is 19.7 Å². The molecule has 1 rings (SSSR count). The first-order valence-corrected chi connectivity index (χ1v) is 4.77. The van der Waals surface area contributed by atoms with Crippen LogP contribution in [0, 0.1) is 5.82 Å². The van der Waals surface area contributed by atoms with Gasteiger partial charge in [0, 0.05) is 12.5 Å². The number of carbonyl (C=O) groups excluding carboxylic acids is 1. The second-order valence-corrected chi connectivity index (χ2v) is 3.09. The molecule has 1 aromatic carbocycles. The minimum atomic E-state index is -0.365. The topological polar surface area (TPSA) is 35.5 Å². The summed E-state index contributed by atoms with van der Waals surface area (Å²) in [6, 6.07) is 4.43. The highest BCUT2D eigenvalue weighted by atomic mass is 19.1. The summed E-state index contributed by atoms with van der Waals surface area (Å²) < 4.78 is 22.9. The summed E-state index contributed by atoms with van der Waals surface area (Å²) in [5, 5.41) is 0. The molecule has 0 saturated carbocycles. The zero-order valence-corrected chi connectivity index (χ0v) is 9.20.